The van der Waals surface area contributed by atoms with Crippen molar-refractivity contribution in [1.82, 2.24) is 10.2 Å². The van der Waals surface area contributed by atoms with Crippen LogP contribution < -0.4 is 14.8 Å². The molecular weight excluding hydrogens is 352 g/mol. The number of rotatable bonds is 8. The van der Waals surface area contributed by atoms with Crippen LogP contribution in [0.25, 0.3) is 0 Å². The lowest BCUT2D eigenvalue weighted by Crippen LogP contribution is -2.44. The van der Waals surface area contributed by atoms with Crippen molar-refractivity contribution in [2.24, 2.45) is 0 Å². The Morgan fingerprint density at radius 3 is 2.68 bits per heavy atom. The minimum absolute atomic E-state index is 0.0668. The fourth-order valence-electron chi connectivity index (χ4n) is 3.51. The monoisotopic (exact) mass is 382 g/mol. The molecule has 3 rings (SSSR count). The summed E-state index contributed by atoms with van der Waals surface area (Å²) >= 11 is 0. The first-order valence-electron chi connectivity index (χ1n) is 10.00. The zero-order valence-electron chi connectivity index (χ0n) is 16.8. The van der Waals surface area contributed by atoms with Crippen LogP contribution in [0.1, 0.15) is 37.3 Å². The lowest BCUT2D eigenvalue weighted by molar-refractivity contribution is -0.123. The fourth-order valence-corrected chi connectivity index (χ4v) is 3.51. The second-order valence-electron chi connectivity index (χ2n) is 7.35. The molecule has 0 saturated carbocycles. The van der Waals surface area contributed by atoms with Gasteiger partial charge in [0.25, 0.3) is 0 Å². The molecule has 1 aliphatic rings. The summed E-state index contributed by atoms with van der Waals surface area (Å²) in [5, 5.41) is 3.02. The number of benzene rings is 2. The predicted molar refractivity (Wildman–Crippen MR) is 111 cm³/mol. The summed E-state index contributed by atoms with van der Waals surface area (Å²) in [6.07, 6.45) is 3.62. The first-order chi connectivity index (χ1) is 13.7. The molecular formula is C23H30N2O3. The van der Waals surface area contributed by atoms with E-state index in [0.717, 1.165) is 17.7 Å². The molecule has 1 N–H and O–H groups in total. The van der Waals surface area contributed by atoms with Crippen LogP contribution in [0.3, 0.4) is 0 Å². The van der Waals surface area contributed by atoms with Crippen LogP contribution >= 0.6 is 0 Å². The largest absolute Gasteiger partial charge is 0.493 e. The molecule has 5 nitrogen and oxygen atoms in total. The molecule has 0 aliphatic carbocycles. The van der Waals surface area contributed by atoms with Gasteiger partial charge in [-0.15, -0.1) is 0 Å². The minimum atomic E-state index is 0.0668. The fraction of sp³-hybridized carbons (Fsp3) is 0.435. The van der Waals surface area contributed by atoms with Gasteiger partial charge in [-0.25, -0.2) is 0 Å². The summed E-state index contributed by atoms with van der Waals surface area (Å²) in [6, 6.07) is 16.3. The summed E-state index contributed by atoms with van der Waals surface area (Å²) < 4.78 is 11.4. The van der Waals surface area contributed by atoms with Crippen molar-refractivity contribution < 1.29 is 14.3 Å². The maximum Gasteiger partial charge on any atom is 0.234 e. The van der Waals surface area contributed by atoms with E-state index >= 15 is 0 Å². The molecule has 0 unspecified atom stereocenters. The number of hydrogen-bond acceptors (Lipinski definition) is 4. The molecule has 2 aromatic rings. The number of nitrogens with zero attached hydrogens (tertiary/aromatic N) is 1. The third-order valence-corrected chi connectivity index (χ3v) is 5.24. The van der Waals surface area contributed by atoms with Gasteiger partial charge in [0.2, 0.25) is 5.91 Å². The van der Waals surface area contributed by atoms with Gasteiger partial charge >= 0.3 is 0 Å². The Balaban J connectivity index is 1.52. The molecule has 1 atom stereocenters. The molecule has 1 heterocycles. The summed E-state index contributed by atoms with van der Waals surface area (Å²) in [7, 11) is 1.63. The van der Waals surface area contributed by atoms with Gasteiger partial charge in [-0.2, -0.15) is 0 Å². The normalized spacial score (nSPS) is 17.1. The quantitative estimate of drug-likeness (QED) is 0.755. The summed E-state index contributed by atoms with van der Waals surface area (Å²) in [6.45, 7) is 4.65. The number of likely N-dealkylation sites (tertiary alicyclic amines) is 1. The molecule has 28 heavy (non-hydrogen) atoms. The molecule has 1 aliphatic heterocycles. The van der Waals surface area contributed by atoms with E-state index in [2.05, 4.69) is 17.1 Å². The van der Waals surface area contributed by atoms with E-state index in [1.165, 1.54) is 19.3 Å². The van der Waals surface area contributed by atoms with Crippen molar-refractivity contribution in [3.63, 3.8) is 0 Å². The third kappa shape index (κ3) is 5.73. The van der Waals surface area contributed by atoms with Crippen molar-refractivity contribution in [2.45, 2.75) is 45.4 Å². The molecule has 1 fully saturated rings. The van der Waals surface area contributed by atoms with Crippen molar-refractivity contribution in [3.8, 4) is 11.5 Å². The van der Waals surface area contributed by atoms with Crippen LogP contribution in [0.4, 0.5) is 0 Å². The van der Waals surface area contributed by atoms with Gasteiger partial charge in [0.1, 0.15) is 6.61 Å². The van der Waals surface area contributed by atoms with Gasteiger partial charge in [-0.05, 0) is 49.6 Å². The number of hydrogen-bond donors (Lipinski definition) is 1. The van der Waals surface area contributed by atoms with Crippen molar-refractivity contribution >= 4 is 5.91 Å². The number of ether oxygens (including phenoxy) is 2. The zero-order valence-corrected chi connectivity index (χ0v) is 16.8. The maximum absolute atomic E-state index is 12.3. The lowest BCUT2D eigenvalue weighted by Gasteiger charge is -2.32. The molecule has 1 amide bonds. The maximum atomic E-state index is 12.3. The molecule has 0 radical (unpaired) electrons. The van der Waals surface area contributed by atoms with Crippen LogP contribution in [-0.4, -0.2) is 37.0 Å². The summed E-state index contributed by atoms with van der Waals surface area (Å²) in [5.74, 6) is 1.44. The van der Waals surface area contributed by atoms with Crippen molar-refractivity contribution in [1.29, 1.82) is 0 Å². The Hall–Kier alpha value is -2.53. The number of nitrogens with one attached hydrogen (secondary N) is 1. The van der Waals surface area contributed by atoms with Gasteiger partial charge in [0.15, 0.2) is 11.5 Å². The van der Waals surface area contributed by atoms with Crippen LogP contribution in [0.15, 0.2) is 48.5 Å². The second-order valence-corrected chi connectivity index (χ2v) is 7.35. The summed E-state index contributed by atoms with van der Waals surface area (Å²) in [4.78, 5) is 14.6. The van der Waals surface area contributed by atoms with Gasteiger partial charge < -0.3 is 14.8 Å². The number of piperidine rings is 1. The molecule has 0 aromatic heterocycles. The topological polar surface area (TPSA) is 50.8 Å². The van der Waals surface area contributed by atoms with Crippen molar-refractivity contribution in [2.75, 3.05) is 20.2 Å². The number of carbonyl (C=O) groups excluding carboxylic acids is 1. The van der Waals surface area contributed by atoms with E-state index in [9.17, 15) is 4.79 Å². The SMILES string of the molecule is COc1cc(CNC(=O)CN2CCCC[C@@H]2C)ccc1OCc1ccccc1. The second kappa shape index (κ2) is 10.1. The molecule has 0 bridgehead atoms. The van der Waals surface area contributed by atoms with Gasteiger partial charge in [-0.1, -0.05) is 42.8 Å². The van der Waals surface area contributed by atoms with Crippen LogP contribution in [0.5, 0.6) is 11.5 Å². The van der Waals surface area contributed by atoms with Crippen LogP contribution in [-0.2, 0) is 17.9 Å². The highest BCUT2D eigenvalue weighted by molar-refractivity contribution is 5.78. The Kier molecular flexibility index (Phi) is 7.31. The van der Waals surface area contributed by atoms with Crippen molar-refractivity contribution in [3.05, 3.63) is 59.7 Å². The van der Waals surface area contributed by atoms with E-state index in [0.29, 0.717) is 37.2 Å². The standard InChI is InChI=1S/C23H30N2O3/c1-18-8-6-7-13-25(18)16-23(26)24-15-20-11-12-21(22(14-20)27-2)28-17-19-9-4-3-5-10-19/h3-5,9-12,14,18H,6-8,13,15-17H2,1-2H3,(H,24,26)/t18-/m0/s1. The number of methoxy groups -OCH3 is 1. The van der Waals surface area contributed by atoms with Crippen LogP contribution in [0, 0.1) is 0 Å². The Morgan fingerprint density at radius 1 is 1.11 bits per heavy atom. The Labute approximate surface area is 167 Å². The molecule has 1 saturated heterocycles. The zero-order chi connectivity index (χ0) is 19.8. The Morgan fingerprint density at radius 2 is 1.93 bits per heavy atom. The first-order valence-corrected chi connectivity index (χ1v) is 10.00. The molecule has 150 valence electrons. The average Bonchev–Trinajstić information content (AvgIpc) is 2.73. The highest BCUT2D eigenvalue weighted by Crippen LogP contribution is 2.28. The van der Waals surface area contributed by atoms with Gasteiger partial charge in [0, 0.05) is 12.6 Å². The van der Waals surface area contributed by atoms with Crippen LogP contribution in [0.2, 0.25) is 0 Å². The van der Waals surface area contributed by atoms with E-state index < -0.39 is 0 Å². The molecule has 0 spiro atoms. The summed E-state index contributed by atoms with van der Waals surface area (Å²) in [5.41, 5.74) is 2.09. The number of carbonyl (C=O) groups is 1. The highest BCUT2D eigenvalue weighted by Gasteiger charge is 2.20. The van der Waals surface area contributed by atoms with E-state index in [1.54, 1.807) is 7.11 Å². The minimum Gasteiger partial charge on any atom is -0.493 e. The average molecular weight is 383 g/mol. The third-order valence-electron chi connectivity index (χ3n) is 5.24. The molecule has 5 heteroatoms. The van der Waals surface area contributed by atoms with E-state index in [4.69, 9.17) is 9.47 Å². The van der Waals surface area contributed by atoms with Gasteiger partial charge in [-0.3, -0.25) is 9.69 Å². The number of amides is 1. The smallest absolute Gasteiger partial charge is 0.234 e. The lowest BCUT2D eigenvalue weighted by atomic mass is 10.0. The first kappa shape index (κ1) is 20.2. The van der Waals surface area contributed by atoms with E-state index in [-0.39, 0.29) is 5.91 Å². The Bertz CT molecular complexity index is 764. The van der Waals surface area contributed by atoms with Gasteiger partial charge in [0.05, 0.1) is 13.7 Å². The highest BCUT2D eigenvalue weighted by atomic mass is 16.5. The molecule has 2 aromatic carbocycles. The predicted octanol–water partition coefficient (Wildman–Crippen LogP) is 3.76. The van der Waals surface area contributed by atoms with E-state index in [1.807, 2.05) is 48.5 Å².